The Hall–Kier alpha value is -4.96. The number of nitrogens with one attached hydrogen (secondary N) is 2. The van der Waals surface area contributed by atoms with E-state index in [1.165, 1.54) is 0 Å². The molecule has 2 aromatic rings. The first kappa shape index (κ1) is 19.4. The maximum Gasteiger partial charge on any atom is 0.120 e. The summed E-state index contributed by atoms with van der Waals surface area (Å²) in [6.07, 6.45) is 0. The predicted molar refractivity (Wildman–Crippen MR) is 104 cm³/mol. The molecule has 0 unspecified atom stereocenters. The van der Waals surface area contributed by atoms with Gasteiger partial charge >= 0.3 is 0 Å². The Kier molecular flexibility index (Phi) is 6.18. The summed E-state index contributed by atoms with van der Waals surface area (Å²) in [6.45, 7) is 0. The lowest BCUT2D eigenvalue weighted by Crippen LogP contribution is -1.92. The largest absolute Gasteiger partial charge is 0.258 e. The minimum atomic E-state index is 0.0673. The Morgan fingerprint density at radius 3 is 1.00 bits per heavy atom. The quantitative estimate of drug-likeness (QED) is 0.484. The minimum absolute atomic E-state index is 0.0673. The van der Waals surface area contributed by atoms with E-state index in [9.17, 15) is 10.5 Å². The normalized spacial score (nSPS) is 9.86. The first-order valence-corrected chi connectivity index (χ1v) is 7.79. The fourth-order valence-corrected chi connectivity index (χ4v) is 2.47. The summed E-state index contributed by atoms with van der Waals surface area (Å²) in [7, 11) is 0. The van der Waals surface area contributed by atoms with Crippen LogP contribution in [-0.2, 0) is 0 Å². The molecule has 0 aliphatic rings. The molecular formula is C22H10N6. The lowest BCUT2D eigenvalue weighted by atomic mass is 9.94. The van der Waals surface area contributed by atoms with E-state index in [4.69, 9.17) is 21.3 Å². The van der Waals surface area contributed by atoms with Crippen LogP contribution in [0.1, 0.15) is 22.3 Å². The first-order valence-electron chi connectivity index (χ1n) is 7.79. The van der Waals surface area contributed by atoms with Gasteiger partial charge in [0.2, 0.25) is 0 Å². The second-order valence-electron chi connectivity index (χ2n) is 5.35. The Labute approximate surface area is 161 Å². The number of rotatable bonds is 4. The number of hydrogen-bond donors (Lipinski definition) is 2. The maximum absolute atomic E-state index is 9.59. The molecule has 0 aliphatic heterocycles. The van der Waals surface area contributed by atoms with Gasteiger partial charge in [0, 0.05) is 11.1 Å². The van der Waals surface area contributed by atoms with E-state index in [1.54, 1.807) is 48.5 Å². The molecule has 0 heterocycles. The highest BCUT2D eigenvalue weighted by Gasteiger charge is 2.13. The lowest BCUT2D eigenvalue weighted by molar-refractivity contribution is 1.48. The summed E-state index contributed by atoms with van der Waals surface area (Å²) < 4.78 is 0. The van der Waals surface area contributed by atoms with E-state index in [2.05, 4.69) is 0 Å². The summed E-state index contributed by atoms with van der Waals surface area (Å²) in [4.78, 5) is 0. The second kappa shape index (κ2) is 8.94. The van der Waals surface area contributed by atoms with Gasteiger partial charge < -0.3 is 0 Å². The van der Waals surface area contributed by atoms with Crippen LogP contribution in [0, 0.1) is 56.1 Å². The molecule has 0 saturated carbocycles. The van der Waals surface area contributed by atoms with Crippen LogP contribution in [0.3, 0.4) is 0 Å². The van der Waals surface area contributed by atoms with Crippen molar-refractivity contribution in [3.8, 4) is 24.3 Å². The van der Waals surface area contributed by atoms with Crippen LogP contribution in [0.2, 0.25) is 0 Å². The second-order valence-corrected chi connectivity index (χ2v) is 5.35. The van der Waals surface area contributed by atoms with Crippen LogP contribution < -0.4 is 0 Å². The minimum Gasteiger partial charge on any atom is -0.258 e. The number of nitrogens with zero attached hydrogens (tertiary/aromatic N) is 4. The summed E-state index contributed by atoms with van der Waals surface area (Å²) in [5.41, 5.74) is 2.41. The maximum atomic E-state index is 9.59. The summed E-state index contributed by atoms with van der Waals surface area (Å²) in [5.74, 6) is 4.09. The van der Waals surface area contributed by atoms with E-state index in [-0.39, 0.29) is 22.3 Å². The molecule has 0 fully saturated rings. The van der Waals surface area contributed by atoms with Crippen molar-refractivity contribution in [2.75, 3.05) is 0 Å². The van der Waals surface area contributed by atoms with Gasteiger partial charge in [0.15, 0.2) is 0 Å². The molecule has 0 spiro atoms. The Bertz CT molecular complexity index is 1120. The van der Waals surface area contributed by atoms with E-state index in [0.717, 1.165) is 0 Å². The Morgan fingerprint density at radius 2 is 0.786 bits per heavy atom. The van der Waals surface area contributed by atoms with Gasteiger partial charge in [-0.3, -0.25) is 10.8 Å². The Balaban J connectivity index is 2.55. The van der Waals surface area contributed by atoms with Gasteiger partial charge in [-0.15, -0.1) is 0 Å². The number of nitriles is 4. The number of allylic oxidation sites excluding steroid dienone is 4. The molecule has 28 heavy (non-hydrogen) atoms. The van der Waals surface area contributed by atoms with Crippen molar-refractivity contribution < 1.29 is 0 Å². The molecule has 0 aliphatic carbocycles. The summed E-state index contributed by atoms with van der Waals surface area (Å²) >= 11 is 0. The summed E-state index contributed by atoms with van der Waals surface area (Å²) in [5, 5.41) is 51.3. The fourth-order valence-electron chi connectivity index (χ4n) is 2.47. The SMILES string of the molecule is N#CC(=C=N)c1ccc(/C(C#N)=C(\C#N)c2ccc(C(=C=N)C#N)cc2)cc1. The molecule has 2 rings (SSSR count). The molecule has 2 N–H and O–H groups in total. The molecule has 128 valence electrons. The molecular weight excluding hydrogens is 348 g/mol. The topological polar surface area (TPSA) is 143 Å². The highest BCUT2D eigenvalue weighted by Crippen LogP contribution is 2.27. The van der Waals surface area contributed by atoms with Crippen molar-refractivity contribution in [2.24, 2.45) is 0 Å². The highest BCUT2D eigenvalue weighted by molar-refractivity contribution is 6.03. The van der Waals surface area contributed by atoms with Gasteiger partial charge in [-0.1, -0.05) is 48.5 Å². The van der Waals surface area contributed by atoms with Gasteiger partial charge in [0.1, 0.15) is 35.4 Å². The van der Waals surface area contributed by atoms with Gasteiger partial charge in [0.25, 0.3) is 0 Å². The smallest absolute Gasteiger partial charge is 0.120 e. The molecule has 6 nitrogen and oxygen atoms in total. The zero-order chi connectivity index (χ0) is 20.5. The van der Waals surface area contributed by atoms with Gasteiger partial charge in [0.05, 0.1) is 11.1 Å². The molecule has 0 aromatic heterocycles. The van der Waals surface area contributed by atoms with Crippen molar-refractivity contribution in [1.82, 2.24) is 0 Å². The van der Waals surface area contributed by atoms with Crippen LogP contribution in [0.15, 0.2) is 48.5 Å². The molecule has 0 bridgehead atoms. The van der Waals surface area contributed by atoms with Crippen molar-refractivity contribution in [2.45, 2.75) is 0 Å². The Morgan fingerprint density at radius 1 is 0.500 bits per heavy atom. The zero-order valence-corrected chi connectivity index (χ0v) is 14.4. The predicted octanol–water partition coefficient (Wildman–Crippen LogP) is 3.96. The standard InChI is InChI=1S/C22H10N6/c23-9-19(10-24)15-1-5-17(6-2-15)21(13-27)22(14-28)18-7-3-16(4-8-18)20(11-25)12-26/h1-8,23,25H/b22-21+. The van der Waals surface area contributed by atoms with E-state index in [0.29, 0.717) is 22.3 Å². The van der Waals surface area contributed by atoms with E-state index in [1.807, 2.05) is 36.0 Å². The van der Waals surface area contributed by atoms with Gasteiger partial charge in [-0.25, -0.2) is 0 Å². The summed E-state index contributed by atoms with van der Waals surface area (Å²) in [6, 6.07) is 20.5. The third kappa shape index (κ3) is 3.82. The molecule has 0 amide bonds. The van der Waals surface area contributed by atoms with Crippen LogP contribution in [0.25, 0.3) is 22.3 Å². The van der Waals surface area contributed by atoms with Crippen molar-refractivity contribution in [3.63, 3.8) is 0 Å². The molecule has 2 aromatic carbocycles. The van der Waals surface area contributed by atoms with Crippen molar-refractivity contribution in [1.29, 1.82) is 31.9 Å². The van der Waals surface area contributed by atoms with Crippen LogP contribution in [-0.4, -0.2) is 11.7 Å². The monoisotopic (exact) mass is 358 g/mol. The fraction of sp³-hybridized carbons (Fsp3) is 0. The molecule has 0 atom stereocenters. The average Bonchev–Trinajstić information content (AvgIpc) is 2.75. The number of benzene rings is 2. The molecule has 0 radical (unpaired) electrons. The van der Waals surface area contributed by atoms with E-state index >= 15 is 0 Å². The molecule has 6 heteroatoms. The zero-order valence-electron chi connectivity index (χ0n) is 14.4. The average molecular weight is 358 g/mol. The third-order valence-corrected chi connectivity index (χ3v) is 3.87. The van der Waals surface area contributed by atoms with Crippen LogP contribution in [0.4, 0.5) is 0 Å². The van der Waals surface area contributed by atoms with Gasteiger partial charge in [-0.05, 0) is 22.9 Å². The van der Waals surface area contributed by atoms with Gasteiger partial charge in [-0.2, -0.15) is 21.0 Å². The van der Waals surface area contributed by atoms with Crippen LogP contribution in [0.5, 0.6) is 0 Å². The lowest BCUT2D eigenvalue weighted by Gasteiger charge is -2.06. The van der Waals surface area contributed by atoms with Crippen LogP contribution >= 0.6 is 0 Å². The highest BCUT2D eigenvalue weighted by atomic mass is 14.3. The molecule has 0 saturated heterocycles. The number of hydrogen-bond acceptors (Lipinski definition) is 6. The van der Waals surface area contributed by atoms with E-state index < -0.39 is 0 Å². The van der Waals surface area contributed by atoms with Crippen molar-refractivity contribution in [3.05, 3.63) is 70.8 Å². The van der Waals surface area contributed by atoms with Crippen molar-refractivity contribution >= 4 is 34.0 Å². The first-order chi connectivity index (χ1) is 13.6. The third-order valence-electron chi connectivity index (χ3n) is 3.87.